The van der Waals surface area contributed by atoms with Crippen LogP contribution in [0.1, 0.15) is 13.8 Å². The second-order valence-corrected chi connectivity index (χ2v) is 3.34. The van der Waals surface area contributed by atoms with E-state index < -0.39 is 17.0 Å². The molecule has 74 valence electrons. The summed E-state index contributed by atoms with van der Waals surface area (Å²) in [6.45, 7) is 4.21. The SMILES string of the molecule is CCOC(=O)OCC.CS(C)=O. The molecule has 12 heavy (non-hydrogen) atoms. The van der Waals surface area contributed by atoms with Gasteiger partial charge < -0.3 is 9.47 Å². The van der Waals surface area contributed by atoms with E-state index in [1.165, 1.54) is 0 Å². The van der Waals surface area contributed by atoms with Crippen LogP contribution in [0.25, 0.3) is 0 Å². The molecule has 0 amide bonds. The summed E-state index contributed by atoms with van der Waals surface area (Å²) in [6.07, 6.45) is 2.69. The zero-order valence-corrected chi connectivity index (χ0v) is 8.77. The highest BCUT2D eigenvalue weighted by atomic mass is 32.2. The Labute approximate surface area is 75.7 Å². The van der Waals surface area contributed by atoms with Crippen LogP contribution >= 0.6 is 0 Å². The first-order valence-corrected chi connectivity index (χ1v) is 5.55. The third-order valence-corrected chi connectivity index (χ3v) is 0.524. The third kappa shape index (κ3) is 22.7. The smallest absolute Gasteiger partial charge is 0.435 e. The summed E-state index contributed by atoms with van der Waals surface area (Å²) in [6, 6.07) is 0. The van der Waals surface area contributed by atoms with Gasteiger partial charge in [0.05, 0.1) is 13.2 Å². The van der Waals surface area contributed by atoms with Crippen molar-refractivity contribution in [2.24, 2.45) is 0 Å². The summed E-state index contributed by atoms with van der Waals surface area (Å²) in [5.74, 6) is 0. The molecule has 0 aromatic heterocycles. The Morgan fingerprint density at radius 1 is 1.17 bits per heavy atom. The molecule has 0 radical (unpaired) electrons. The van der Waals surface area contributed by atoms with Crippen molar-refractivity contribution in [1.82, 2.24) is 0 Å². The number of hydrogen-bond acceptors (Lipinski definition) is 4. The first kappa shape index (κ1) is 14.0. The van der Waals surface area contributed by atoms with E-state index in [0.29, 0.717) is 13.2 Å². The van der Waals surface area contributed by atoms with Crippen molar-refractivity contribution in [3.63, 3.8) is 0 Å². The van der Waals surface area contributed by atoms with Crippen molar-refractivity contribution in [2.45, 2.75) is 13.8 Å². The number of carbonyl (C=O) groups excluding carboxylic acids is 1. The molecule has 4 nitrogen and oxygen atoms in total. The van der Waals surface area contributed by atoms with Gasteiger partial charge in [-0.1, -0.05) is 0 Å². The van der Waals surface area contributed by atoms with Crippen molar-refractivity contribution in [1.29, 1.82) is 0 Å². The molecular weight excluding hydrogens is 180 g/mol. The molecule has 0 N–H and O–H groups in total. The lowest BCUT2D eigenvalue weighted by atomic mass is 10.8. The van der Waals surface area contributed by atoms with Gasteiger partial charge in [-0.3, -0.25) is 4.21 Å². The molecule has 0 unspecified atom stereocenters. The summed E-state index contributed by atoms with van der Waals surface area (Å²) in [5, 5.41) is 0. The Kier molecular flexibility index (Phi) is 12.1. The van der Waals surface area contributed by atoms with Crippen LogP contribution in [0.3, 0.4) is 0 Å². The van der Waals surface area contributed by atoms with Crippen molar-refractivity contribution in [3.05, 3.63) is 0 Å². The van der Waals surface area contributed by atoms with Gasteiger partial charge in [0, 0.05) is 23.3 Å². The molecular formula is C7H16O4S. The number of carbonyl (C=O) groups is 1. The molecule has 0 aliphatic heterocycles. The zero-order valence-electron chi connectivity index (χ0n) is 7.96. The lowest BCUT2D eigenvalue weighted by Crippen LogP contribution is -2.05. The van der Waals surface area contributed by atoms with Crippen LogP contribution in [-0.2, 0) is 20.3 Å². The monoisotopic (exact) mass is 196 g/mol. The van der Waals surface area contributed by atoms with E-state index in [1.807, 2.05) is 0 Å². The summed E-state index contributed by atoms with van der Waals surface area (Å²) in [5.41, 5.74) is 0. The average molecular weight is 196 g/mol. The molecule has 0 saturated heterocycles. The zero-order chi connectivity index (χ0) is 9.98. The topological polar surface area (TPSA) is 52.6 Å². The molecule has 0 spiro atoms. The molecule has 0 heterocycles. The Hall–Kier alpha value is -0.580. The molecule has 0 atom stereocenters. The molecule has 0 rings (SSSR count). The fourth-order valence-electron chi connectivity index (χ4n) is 0.277. The van der Waals surface area contributed by atoms with Crippen LogP contribution in [0.5, 0.6) is 0 Å². The Balaban J connectivity index is 0. The second kappa shape index (κ2) is 10.4. The first-order valence-electron chi connectivity index (χ1n) is 3.59. The van der Waals surface area contributed by atoms with Crippen molar-refractivity contribution in [3.8, 4) is 0 Å². The maximum absolute atomic E-state index is 10.2. The summed E-state index contributed by atoms with van der Waals surface area (Å²) in [7, 11) is -0.611. The fraction of sp³-hybridized carbons (Fsp3) is 0.857. The summed E-state index contributed by atoms with van der Waals surface area (Å²) >= 11 is 0. The van der Waals surface area contributed by atoms with Crippen LogP contribution in [0.2, 0.25) is 0 Å². The predicted molar refractivity (Wildman–Crippen MR) is 48.6 cm³/mol. The molecule has 0 aromatic carbocycles. The van der Waals surface area contributed by atoms with Crippen molar-refractivity contribution >= 4 is 17.0 Å². The quantitative estimate of drug-likeness (QED) is 0.622. The Bertz CT molecular complexity index is 123. The van der Waals surface area contributed by atoms with Crippen LogP contribution in [0, 0.1) is 0 Å². The fourth-order valence-corrected chi connectivity index (χ4v) is 0.277. The maximum Gasteiger partial charge on any atom is 0.508 e. The molecule has 0 aliphatic rings. The molecule has 0 aliphatic carbocycles. The third-order valence-electron chi connectivity index (χ3n) is 0.524. The van der Waals surface area contributed by atoms with E-state index in [4.69, 9.17) is 0 Å². The lowest BCUT2D eigenvalue weighted by Gasteiger charge is -1.98. The van der Waals surface area contributed by atoms with Crippen LogP contribution < -0.4 is 0 Å². The van der Waals surface area contributed by atoms with E-state index in [2.05, 4.69) is 9.47 Å². The minimum Gasteiger partial charge on any atom is -0.435 e. The van der Waals surface area contributed by atoms with Gasteiger partial charge in [-0.25, -0.2) is 4.79 Å². The standard InChI is InChI=1S/C5H10O3.C2H6OS/c1-3-7-5(6)8-4-2;1-4(2)3/h3-4H2,1-2H3;1-2H3. The van der Waals surface area contributed by atoms with E-state index in [0.717, 1.165) is 0 Å². The minimum absolute atomic E-state index is 0.374. The highest BCUT2D eigenvalue weighted by Crippen LogP contribution is 1.81. The predicted octanol–water partition coefficient (Wildman–Crippen LogP) is 1.17. The summed E-state index contributed by atoms with van der Waals surface area (Å²) < 4.78 is 18.4. The van der Waals surface area contributed by atoms with E-state index in [9.17, 15) is 9.00 Å². The largest absolute Gasteiger partial charge is 0.508 e. The van der Waals surface area contributed by atoms with Crippen molar-refractivity contribution < 1.29 is 18.5 Å². The minimum atomic E-state index is -0.611. The van der Waals surface area contributed by atoms with Crippen LogP contribution in [-0.4, -0.2) is 36.1 Å². The van der Waals surface area contributed by atoms with Gasteiger partial charge in [-0.15, -0.1) is 0 Å². The van der Waals surface area contributed by atoms with Crippen LogP contribution in [0.15, 0.2) is 0 Å². The molecule has 5 heteroatoms. The van der Waals surface area contributed by atoms with E-state index in [-0.39, 0.29) is 0 Å². The summed E-state index contributed by atoms with van der Waals surface area (Å²) in [4.78, 5) is 10.2. The van der Waals surface area contributed by atoms with Gasteiger partial charge in [-0.05, 0) is 13.8 Å². The van der Waals surface area contributed by atoms with Gasteiger partial charge in [0.2, 0.25) is 0 Å². The van der Waals surface area contributed by atoms with Gasteiger partial charge in [0.15, 0.2) is 0 Å². The van der Waals surface area contributed by atoms with Gasteiger partial charge in [0.25, 0.3) is 0 Å². The lowest BCUT2D eigenvalue weighted by molar-refractivity contribution is 0.0630. The number of ether oxygens (including phenoxy) is 2. The average Bonchev–Trinajstić information content (AvgIpc) is 1.87. The Morgan fingerprint density at radius 2 is 1.42 bits per heavy atom. The highest BCUT2D eigenvalue weighted by molar-refractivity contribution is 7.83. The molecule has 0 saturated carbocycles. The second-order valence-electron chi connectivity index (χ2n) is 1.86. The number of rotatable bonds is 2. The van der Waals surface area contributed by atoms with E-state index >= 15 is 0 Å². The number of hydrogen-bond donors (Lipinski definition) is 0. The molecule has 0 aromatic rings. The molecule has 0 bridgehead atoms. The van der Waals surface area contributed by atoms with Gasteiger partial charge in [-0.2, -0.15) is 0 Å². The molecule has 0 fully saturated rings. The highest BCUT2D eigenvalue weighted by Gasteiger charge is 1.96. The first-order chi connectivity index (χ1) is 5.54. The van der Waals surface area contributed by atoms with Crippen LogP contribution in [0.4, 0.5) is 4.79 Å². The van der Waals surface area contributed by atoms with E-state index in [1.54, 1.807) is 26.4 Å². The maximum atomic E-state index is 10.2. The van der Waals surface area contributed by atoms with Crippen molar-refractivity contribution in [2.75, 3.05) is 25.7 Å². The Morgan fingerprint density at radius 3 is 1.58 bits per heavy atom. The van der Waals surface area contributed by atoms with Gasteiger partial charge in [0.1, 0.15) is 0 Å². The normalized spacial score (nSPS) is 8.42. The van der Waals surface area contributed by atoms with Gasteiger partial charge >= 0.3 is 6.16 Å².